The number of nitrogens with one attached hydrogen (secondary N) is 1. The number of benzene rings is 1. The second-order valence-electron chi connectivity index (χ2n) is 9.54. The molecule has 1 aliphatic carbocycles. The number of hydrogen-bond donors (Lipinski definition) is 1. The van der Waals surface area contributed by atoms with Crippen molar-refractivity contribution in [3.05, 3.63) is 29.8 Å². The molecular formula is C24H36N2O3. The summed E-state index contributed by atoms with van der Waals surface area (Å²) >= 11 is 0. The van der Waals surface area contributed by atoms with Gasteiger partial charge in [-0.15, -0.1) is 0 Å². The van der Waals surface area contributed by atoms with E-state index >= 15 is 0 Å². The number of nitrogens with zero attached hydrogens (tertiary/aromatic N) is 1. The number of likely N-dealkylation sites (tertiary alicyclic amines) is 1. The van der Waals surface area contributed by atoms with Crippen molar-refractivity contribution in [2.24, 2.45) is 5.92 Å². The van der Waals surface area contributed by atoms with E-state index in [4.69, 9.17) is 4.74 Å². The molecule has 1 saturated heterocycles. The van der Waals surface area contributed by atoms with Gasteiger partial charge in [0.05, 0.1) is 0 Å². The van der Waals surface area contributed by atoms with Gasteiger partial charge in [0.25, 0.3) is 5.91 Å². The number of carbonyl (C=O) groups excluding carboxylic acids is 2. The molecule has 1 aliphatic heterocycles. The Morgan fingerprint density at radius 1 is 1.03 bits per heavy atom. The van der Waals surface area contributed by atoms with Gasteiger partial charge in [-0.3, -0.25) is 9.59 Å². The Bertz CT molecular complexity index is 696. The van der Waals surface area contributed by atoms with E-state index in [9.17, 15) is 9.59 Å². The Balaban J connectivity index is 1.43. The van der Waals surface area contributed by atoms with E-state index in [0.29, 0.717) is 5.91 Å². The minimum absolute atomic E-state index is 0.0221. The van der Waals surface area contributed by atoms with Gasteiger partial charge >= 0.3 is 0 Å². The molecule has 0 bridgehead atoms. The molecule has 1 aromatic carbocycles. The predicted molar refractivity (Wildman–Crippen MR) is 115 cm³/mol. The van der Waals surface area contributed by atoms with E-state index in [1.807, 2.05) is 29.2 Å². The molecule has 1 heterocycles. The lowest BCUT2D eigenvalue weighted by atomic mass is 9.86. The van der Waals surface area contributed by atoms with Gasteiger partial charge in [-0.1, -0.05) is 58.2 Å². The second-order valence-corrected chi connectivity index (χ2v) is 9.54. The van der Waals surface area contributed by atoms with Crippen molar-refractivity contribution in [1.82, 2.24) is 10.2 Å². The van der Waals surface area contributed by atoms with Gasteiger partial charge in [0, 0.05) is 25.0 Å². The van der Waals surface area contributed by atoms with Crippen molar-refractivity contribution in [2.45, 2.75) is 77.2 Å². The summed E-state index contributed by atoms with van der Waals surface area (Å²) in [7, 11) is 0. The van der Waals surface area contributed by atoms with Crippen molar-refractivity contribution >= 4 is 11.8 Å². The lowest BCUT2D eigenvalue weighted by Gasteiger charge is -2.35. The highest BCUT2D eigenvalue weighted by molar-refractivity contribution is 5.79. The number of ether oxygens (including phenoxy) is 1. The molecule has 29 heavy (non-hydrogen) atoms. The molecule has 0 atom stereocenters. The zero-order chi connectivity index (χ0) is 20.9. The lowest BCUT2D eigenvalue weighted by molar-refractivity contribution is -0.137. The molecule has 1 N–H and O–H groups in total. The van der Waals surface area contributed by atoms with Gasteiger partial charge in [-0.2, -0.15) is 0 Å². The van der Waals surface area contributed by atoms with Crippen molar-refractivity contribution in [3.8, 4) is 5.75 Å². The highest BCUT2D eigenvalue weighted by atomic mass is 16.5. The van der Waals surface area contributed by atoms with Crippen LogP contribution in [0.5, 0.6) is 5.75 Å². The number of hydrogen-bond acceptors (Lipinski definition) is 3. The van der Waals surface area contributed by atoms with Crippen LogP contribution in [0.2, 0.25) is 0 Å². The summed E-state index contributed by atoms with van der Waals surface area (Å²) in [5, 5.41) is 3.08. The SMILES string of the molecule is CC(C)(C)c1ccccc1OCC(=O)NC1CCN(C(=O)C2CCCCC2)CC1. The molecule has 1 aromatic rings. The normalized spacial score (nSPS) is 19.1. The molecule has 160 valence electrons. The Labute approximate surface area is 175 Å². The van der Waals surface area contributed by atoms with Crippen molar-refractivity contribution in [2.75, 3.05) is 19.7 Å². The summed E-state index contributed by atoms with van der Waals surface area (Å²) in [6, 6.07) is 8.02. The van der Waals surface area contributed by atoms with Gasteiger partial charge in [0.15, 0.2) is 6.61 Å². The van der Waals surface area contributed by atoms with Crippen LogP contribution < -0.4 is 10.1 Å². The van der Waals surface area contributed by atoms with Crippen molar-refractivity contribution in [1.29, 1.82) is 0 Å². The average Bonchev–Trinajstić information content (AvgIpc) is 2.72. The van der Waals surface area contributed by atoms with E-state index in [1.54, 1.807) is 0 Å². The third-order valence-corrected chi connectivity index (χ3v) is 6.18. The first-order chi connectivity index (χ1) is 13.8. The minimum atomic E-state index is -0.0919. The van der Waals surface area contributed by atoms with Crippen LogP contribution in [0.25, 0.3) is 0 Å². The van der Waals surface area contributed by atoms with Crippen LogP contribution in [-0.2, 0) is 15.0 Å². The maximum Gasteiger partial charge on any atom is 0.258 e. The molecular weight excluding hydrogens is 364 g/mol. The largest absolute Gasteiger partial charge is 0.483 e. The highest BCUT2D eigenvalue weighted by Gasteiger charge is 2.29. The monoisotopic (exact) mass is 400 g/mol. The summed E-state index contributed by atoms with van der Waals surface area (Å²) < 4.78 is 5.83. The minimum Gasteiger partial charge on any atom is -0.483 e. The Morgan fingerprint density at radius 3 is 2.34 bits per heavy atom. The molecule has 3 rings (SSSR count). The second kappa shape index (κ2) is 9.64. The molecule has 0 radical (unpaired) electrons. The van der Waals surface area contributed by atoms with Crippen LogP contribution >= 0.6 is 0 Å². The summed E-state index contributed by atoms with van der Waals surface area (Å²) in [5.41, 5.74) is 1.06. The quantitative estimate of drug-likeness (QED) is 0.811. The third-order valence-electron chi connectivity index (χ3n) is 6.18. The molecule has 2 fully saturated rings. The van der Waals surface area contributed by atoms with Crippen LogP contribution in [0.15, 0.2) is 24.3 Å². The topological polar surface area (TPSA) is 58.6 Å². The summed E-state index contributed by atoms with van der Waals surface area (Å²) in [6.45, 7) is 7.92. The van der Waals surface area contributed by atoms with Gasteiger partial charge in [0.1, 0.15) is 5.75 Å². The standard InChI is InChI=1S/C24H36N2O3/c1-24(2,3)20-11-7-8-12-21(20)29-17-22(27)25-19-13-15-26(16-14-19)23(28)18-9-5-4-6-10-18/h7-8,11-12,18-19H,4-6,9-10,13-17H2,1-3H3,(H,25,27). The third kappa shape index (κ3) is 5.97. The van der Waals surface area contributed by atoms with E-state index in [1.165, 1.54) is 19.3 Å². The molecule has 2 aliphatic rings. The first kappa shape index (κ1) is 21.7. The highest BCUT2D eigenvalue weighted by Crippen LogP contribution is 2.31. The maximum absolute atomic E-state index is 12.7. The van der Waals surface area contributed by atoms with Crippen LogP contribution in [0, 0.1) is 5.92 Å². The number of rotatable bonds is 5. The van der Waals surface area contributed by atoms with Gasteiger partial charge in [-0.05, 0) is 42.7 Å². The van der Waals surface area contributed by atoms with Crippen molar-refractivity contribution in [3.63, 3.8) is 0 Å². The number of piperidine rings is 1. The number of carbonyl (C=O) groups is 2. The molecule has 5 nitrogen and oxygen atoms in total. The zero-order valence-electron chi connectivity index (χ0n) is 18.2. The van der Waals surface area contributed by atoms with E-state index in [0.717, 1.165) is 50.1 Å². The van der Waals surface area contributed by atoms with E-state index in [-0.39, 0.29) is 29.9 Å². The van der Waals surface area contributed by atoms with Gasteiger partial charge in [-0.25, -0.2) is 0 Å². The van der Waals surface area contributed by atoms with E-state index in [2.05, 4.69) is 26.1 Å². The molecule has 2 amide bonds. The maximum atomic E-state index is 12.7. The Kier molecular flexibility index (Phi) is 7.20. The fraction of sp³-hybridized carbons (Fsp3) is 0.667. The fourth-order valence-electron chi connectivity index (χ4n) is 4.48. The Hall–Kier alpha value is -2.04. The lowest BCUT2D eigenvalue weighted by Crippen LogP contribution is -2.49. The molecule has 5 heteroatoms. The average molecular weight is 401 g/mol. The predicted octanol–water partition coefficient (Wildman–Crippen LogP) is 4.05. The first-order valence-electron chi connectivity index (χ1n) is 11.1. The van der Waals surface area contributed by atoms with Crippen LogP contribution in [0.3, 0.4) is 0 Å². The molecule has 1 saturated carbocycles. The van der Waals surface area contributed by atoms with Crippen LogP contribution in [0.4, 0.5) is 0 Å². The summed E-state index contributed by atoms with van der Waals surface area (Å²) in [5.74, 6) is 1.23. The van der Waals surface area contributed by atoms with Crippen LogP contribution in [-0.4, -0.2) is 42.5 Å². The zero-order valence-corrected chi connectivity index (χ0v) is 18.2. The summed E-state index contributed by atoms with van der Waals surface area (Å²) in [6.07, 6.45) is 7.36. The Morgan fingerprint density at radius 2 is 1.69 bits per heavy atom. The number of amides is 2. The molecule has 0 aromatic heterocycles. The number of para-hydroxylation sites is 1. The van der Waals surface area contributed by atoms with Gasteiger partial charge in [0.2, 0.25) is 5.91 Å². The van der Waals surface area contributed by atoms with E-state index < -0.39 is 0 Å². The fourth-order valence-corrected chi connectivity index (χ4v) is 4.48. The van der Waals surface area contributed by atoms with Crippen molar-refractivity contribution < 1.29 is 14.3 Å². The summed E-state index contributed by atoms with van der Waals surface area (Å²) in [4.78, 5) is 27.1. The molecule has 0 spiro atoms. The van der Waals surface area contributed by atoms with Gasteiger partial charge < -0.3 is 15.0 Å². The molecule has 0 unspecified atom stereocenters. The smallest absolute Gasteiger partial charge is 0.258 e. The first-order valence-corrected chi connectivity index (χ1v) is 11.1. The van der Waals surface area contributed by atoms with Crippen LogP contribution in [0.1, 0.15) is 71.3 Å².